The molecule has 0 bridgehead atoms. The van der Waals surface area contributed by atoms with Gasteiger partial charge in [-0.1, -0.05) is 0 Å². The fourth-order valence-electron chi connectivity index (χ4n) is 1.05. The molecule has 0 radical (unpaired) electrons. The molecule has 13 heavy (non-hydrogen) atoms. The topological polar surface area (TPSA) is 75.0 Å². The Kier molecular flexibility index (Phi) is 3.02. The first-order valence-electron chi connectivity index (χ1n) is 4.08. The van der Waals surface area contributed by atoms with Crippen LogP contribution in [0.3, 0.4) is 0 Å². The quantitative estimate of drug-likeness (QED) is 0.702. The molecule has 0 aromatic carbocycles. The summed E-state index contributed by atoms with van der Waals surface area (Å²) in [7, 11) is 0. The molecular formula is C8H12N2O3. The Morgan fingerprint density at radius 3 is 2.69 bits per heavy atom. The summed E-state index contributed by atoms with van der Waals surface area (Å²) >= 11 is 0. The maximum absolute atomic E-state index is 10.9. The van der Waals surface area contributed by atoms with Gasteiger partial charge in [0.25, 0.3) is 5.56 Å². The highest BCUT2D eigenvalue weighted by molar-refractivity contribution is 5.01. The van der Waals surface area contributed by atoms with Crippen LogP contribution in [0.4, 0.5) is 0 Å². The van der Waals surface area contributed by atoms with E-state index in [2.05, 4.69) is 9.97 Å². The largest absolute Gasteiger partial charge is 0.373 e. The minimum Gasteiger partial charge on any atom is -0.373 e. The zero-order valence-corrected chi connectivity index (χ0v) is 7.59. The number of H-pyrrole nitrogens is 2. The Morgan fingerprint density at radius 2 is 2.15 bits per heavy atom. The van der Waals surface area contributed by atoms with Crippen molar-refractivity contribution in [3.05, 3.63) is 32.6 Å². The van der Waals surface area contributed by atoms with Crippen molar-refractivity contribution in [1.29, 1.82) is 0 Å². The minimum atomic E-state index is -0.506. The van der Waals surface area contributed by atoms with E-state index in [1.165, 1.54) is 6.07 Å². The molecule has 0 saturated heterocycles. The highest BCUT2D eigenvalue weighted by atomic mass is 16.5. The first-order chi connectivity index (χ1) is 6.13. The standard InChI is InChI=1S/C8H12N2O3/c1-3-13-5(2)6-4-7(11)10-8(12)9-6/h4-5H,3H2,1-2H3,(H2,9,10,11,12). The van der Waals surface area contributed by atoms with Crippen molar-refractivity contribution in [2.75, 3.05) is 6.61 Å². The van der Waals surface area contributed by atoms with Crippen LogP contribution in [0.1, 0.15) is 25.6 Å². The number of aromatic amines is 2. The molecule has 1 atom stereocenters. The molecule has 0 aliphatic carbocycles. The monoisotopic (exact) mass is 184 g/mol. The van der Waals surface area contributed by atoms with Gasteiger partial charge >= 0.3 is 5.69 Å². The van der Waals surface area contributed by atoms with Gasteiger partial charge in [0.1, 0.15) is 0 Å². The average Bonchev–Trinajstić information content (AvgIpc) is 2.03. The van der Waals surface area contributed by atoms with E-state index in [1.54, 1.807) is 6.92 Å². The second-order valence-electron chi connectivity index (χ2n) is 2.64. The molecular weight excluding hydrogens is 172 g/mol. The summed E-state index contributed by atoms with van der Waals surface area (Å²) in [5, 5.41) is 0. The van der Waals surface area contributed by atoms with Gasteiger partial charge in [-0.05, 0) is 13.8 Å². The van der Waals surface area contributed by atoms with Crippen LogP contribution in [0.2, 0.25) is 0 Å². The second-order valence-corrected chi connectivity index (χ2v) is 2.64. The lowest BCUT2D eigenvalue weighted by Gasteiger charge is -2.09. The van der Waals surface area contributed by atoms with Gasteiger partial charge in [-0.3, -0.25) is 9.78 Å². The molecule has 1 rings (SSSR count). The first kappa shape index (κ1) is 9.73. The molecule has 1 heterocycles. The SMILES string of the molecule is CCOC(C)c1cc(=O)[nH]c(=O)[nH]1. The summed E-state index contributed by atoms with van der Waals surface area (Å²) in [4.78, 5) is 26.3. The van der Waals surface area contributed by atoms with Crippen LogP contribution in [0.25, 0.3) is 0 Å². The van der Waals surface area contributed by atoms with Crippen molar-refractivity contribution >= 4 is 0 Å². The molecule has 5 nitrogen and oxygen atoms in total. The number of hydrogen-bond acceptors (Lipinski definition) is 3. The molecule has 1 aromatic heterocycles. The smallest absolute Gasteiger partial charge is 0.325 e. The van der Waals surface area contributed by atoms with Gasteiger partial charge in [0, 0.05) is 12.7 Å². The average molecular weight is 184 g/mol. The van der Waals surface area contributed by atoms with E-state index in [-0.39, 0.29) is 6.10 Å². The number of nitrogens with one attached hydrogen (secondary N) is 2. The van der Waals surface area contributed by atoms with Crippen molar-refractivity contribution in [2.45, 2.75) is 20.0 Å². The van der Waals surface area contributed by atoms with E-state index >= 15 is 0 Å². The van der Waals surface area contributed by atoms with Crippen LogP contribution in [-0.2, 0) is 4.74 Å². The normalized spacial score (nSPS) is 12.8. The van der Waals surface area contributed by atoms with Gasteiger partial charge in [0.05, 0.1) is 11.8 Å². The molecule has 0 saturated carbocycles. The van der Waals surface area contributed by atoms with Crippen LogP contribution >= 0.6 is 0 Å². The number of ether oxygens (including phenoxy) is 1. The van der Waals surface area contributed by atoms with Crippen LogP contribution in [0.15, 0.2) is 15.7 Å². The van der Waals surface area contributed by atoms with E-state index < -0.39 is 11.2 Å². The Labute approximate surface area is 74.8 Å². The van der Waals surface area contributed by atoms with Gasteiger partial charge in [-0.25, -0.2) is 4.79 Å². The zero-order chi connectivity index (χ0) is 9.84. The van der Waals surface area contributed by atoms with Crippen molar-refractivity contribution in [2.24, 2.45) is 0 Å². The van der Waals surface area contributed by atoms with Crippen molar-refractivity contribution in [3.63, 3.8) is 0 Å². The van der Waals surface area contributed by atoms with Crippen molar-refractivity contribution in [3.8, 4) is 0 Å². The maximum Gasteiger partial charge on any atom is 0.325 e. The van der Waals surface area contributed by atoms with Gasteiger partial charge in [-0.2, -0.15) is 0 Å². The van der Waals surface area contributed by atoms with Crippen LogP contribution in [-0.4, -0.2) is 16.6 Å². The number of aromatic nitrogens is 2. The lowest BCUT2D eigenvalue weighted by atomic mass is 10.3. The summed E-state index contributed by atoms with van der Waals surface area (Å²) in [6, 6.07) is 1.32. The molecule has 5 heteroatoms. The minimum absolute atomic E-state index is 0.264. The van der Waals surface area contributed by atoms with Crippen molar-refractivity contribution in [1.82, 2.24) is 9.97 Å². The summed E-state index contributed by atoms with van der Waals surface area (Å²) in [6.07, 6.45) is -0.264. The third kappa shape index (κ3) is 2.55. The Hall–Kier alpha value is -1.36. The molecule has 0 amide bonds. The van der Waals surface area contributed by atoms with Gasteiger partial charge < -0.3 is 9.72 Å². The molecule has 0 aliphatic rings. The molecule has 1 aromatic rings. The summed E-state index contributed by atoms with van der Waals surface area (Å²) in [6.45, 7) is 4.16. The van der Waals surface area contributed by atoms with Gasteiger partial charge in [0.15, 0.2) is 0 Å². The lowest BCUT2D eigenvalue weighted by Crippen LogP contribution is -2.24. The Morgan fingerprint density at radius 1 is 1.46 bits per heavy atom. The summed E-state index contributed by atoms with van der Waals surface area (Å²) < 4.78 is 5.21. The molecule has 0 fully saturated rings. The number of hydrogen-bond donors (Lipinski definition) is 2. The van der Waals surface area contributed by atoms with E-state index in [9.17, 15) is 9.59 Å². The lowest BCUT2D eigenvalue weighted by molar-refractivity contribution is 0.0730. The van der Waals surface area contributed by atoms with Crippen LogP contribution < -0.4 is 11.2 Å². The van der Waals surface area contributed by atoms with Gasteiger partial charge in [0.2, 0.25) is 0 Å². The van der Waals surface area contributed by atoms with Crippen LogP contribution in [0.5, 0.6) is 0 Å². The maximum atomic E-state index is 10.9. The van der Waals surface area contributed by atoms with Crippen molar-refractivity contribution < 1.29 is 4.74 Å². The van der Waals surface area contributed by atoms with Gasteiger partial charge in [-0.15, -0.1) is 0 Å². The fraction of sp³-hybridized carbons (Fsp3) is 0.500. The van der Waals surface area contributed by atoms with E-state index in [1.807, 2.05) is 6.92 Å². The fourth-order valence-corrected chi connectivity index (χ4v) is 1.05. The third-order valence-electron chi connectivity index (χ3n) is 1.64. The summed E-state index contributed by atoms with van der Waals surface area (Å²) in [5.74, 6) is 0. The predicted molar refractivity (Wildman–Crippen MR) is 47.7 cm³/mol. The van der Waals surface area contributed by atoms with E-state index in [0.717, 1.165) is 0 Å². The molecule has 2 N–H and O–H groups in total. The first-order valence-corrected chi connectivity index (χ1v) is 4.08. The Balaban J connectivity index is 3.01. The highest BCUT2D eigenvalue weighted by Crippen LogP contribution is 2.09. The van der Waals surface area contributed by atoms with E-state index in [0.29, 0.717) is 12.3 Å². The molecule has 72 valence electrons. The molecule has 0 spiro atoms. The Bertz CT molecular complexity index is 351. The summed E-state index contributed by atoms with van der Waals surface area (Å²) in [5.41, 5.74) is -0.421. The predicted octanol–water partition coefficient (Wildman–Crippen LogP) is 0.161. The van der Waals surface area contributed by atoms with Crippen LogP contribution in [0, 0.1) is 0 Å². The molecule has 1 unspecified atom stereocenters. The third-order valence-corrected chi connectivity index (χ3v) is 1.64. The second kappa shape index (κ2) is 4.04. The number of rotatable bonds is 3. The van der Waals surface area contributed by atoms with E-state index in [4.69, 9.17) is 4.74 Å². The highest BCUT2D eigenvalue weighted by Gasteiger charge is 2.06. The molecule has 0 aliphatic heterocycles. The zero-order valence-electron chi connectivity index (χ0n) is 7.59.